The molecule has 140 valence electrons. The Bertz CT molecular complexity index is 1000. The third kappa shape index (κ3) is 3.39. The first-order valence-electron chi connectivity index (χ1n) is 9.05. The molecular formula is C23H19ClN2O2. The first-order valence-corrected chi connectivity index (χ1v) is 9.43. The van der Waals surface area contributed by atoms with Gasteiger partial charge in [0.05, 0.1) is 0 Å². The van der Waals surface area contributed by atoms with Gasteiger partial charge in [-0.25, -0.2) is 0 Å². The van der Waals surface area contributed by atoms with Crippen LogP contribution in [0.2, 0.25) is 5.02 Å². The van der Waals surface area contributed by atoms with Gasteiger partial charge in [-0.1, -0.05) is 59.6 Å². The number of carbonyl (C=O) groups is 2. The Morgan fingerprint density at radius 3 is 2.07 bits per heavy atom. The van der Waals surface area contributed by atoms with Crippen LogP contribution < -0.4 is 9.80 Å². The maximum Gasteiger partial charge on any atom is 0.255 e. The van der Waals surface area contributed by atoms with Crippen molar-refractivity contribution in [3.63, 3.8) is 0 Å². The summed E-state index contributed by atoms with van der Waals surface area (Å²) in [6, 6.07) is 23.3. The molecule has 28 heavy (non-hydrogen) atoms. The number of amides is 2. The SMILES string of the molecule is Cc1ccc(N2CC(=O)N(c3ccc(Cl)cc3)C(c3ccccc3)C2=O)cc1. The number of halogens is 1. The minimum atomic E-state index is -0.732. The van der Waals surface area contributed by atoms with Crippen molar-refractivity contribution in [3.8, 4) is 0 Å². The summed E-state index contributed by atoms with van der Waals surface area (Å²) in [5, 5.41) is 0.581. The zero-order valence-electron chi connectivity index (χ0n) is 15.4. The molecule has 2 amide bonds. The number of benzene rings is 3. The van der Waals surface area contributed by atoms with E-state index in [1.54, 1.807) is 34.1 Å². The molecule has 4 nitrogen and oxygen atoms in total. The topological polar surface area (TPSA) is 40.6 Å². The highest BCUT2D eigenvalue weighted by atomic mass is 35.5. The Morgan fingerprint density at radius 2 is 1.43 bits per heavy atom. The van der Waals surface area contributed by atoms with Crippen LogP contribution in [0.15, 0.2) is 78.9 Å². The van der Waals surface area contributed by atoms with Gasteiger partial charge in [-0.2, -0.15) is 0 Å². The van der Waals surface area contributed by atoms with Crippen LogP contribution in [0, 0.1) is 6.92 Å². The standard InChI is InChI=1S/C23H19ClN2O2/c1-16-7-11-19(12-8-16)25-15-21(27)26(20-13-9-18(24)10-14-20)22(23(25)28)17-5-3-2-4-6-17/h2-14,22H,15H2,1H3. The number of carbonyl (C=O) groups excluding carboxylic acids is 2. The van der Waals surface area contributed by atoms with E-state index in [4.69, 9.17) is 11.6 Å². The van der Waals surface area contributed by atoms with Gasteiger partial charge in [0.1, 0.15) is 12.6 Å². The summed E-state index contributed by atoms with van der Waals surface area (Å²) in [5.74, 6) is -0.277. The van der Waals surface area contributed by atoms with E-state index in [2.05, 4.69) is 0 Å². The van der Waals surface area contributed by atoms with Gasteiger partial charge in [-0.3, -0.25) is 14.5 Å². The van der Waals surface area contributed by atoms with Gasteiger partial charge in [0.15, 0.2) is 0 Å². The molecule has 0 saturated carbocycles. The highest BCUT2D eigenvalue weighted by Gasteiger charge is 2.41. The van der Waals surface area contributed by atoms with Gasteiger partial charge in [-0.05, 0) is 48.9 Å². The van der Waals surface area contributed by atoms with E-state index in [1.165, 1.54) is 0 Å². The third-order valence-electron chi connectivity index (χ3n) is 4.89. The monoisotopic (exact) mass is 390 g/mol. The fourth-order valence-electron chi connectivity index (χ4n) is 3.46. The second-order valence-electron chi connectivity index (χ2n) is 6.81. The van der Waals surface area contributed by atoms with Gasteiger partial charge in [-0.15, -0.1) is 0 Å². The minimum absolute atomic E-state index is 0.00610. The molecule has 5 heteroatoms. The van der Waals surface area contributed by atoms with Crippen molar-refractivity contribution in [2.45, 2.75) is 13.0 Å². The number of anilines is 2. The molecule has 1 aliphatic rings. The molecule has 1 unspecified atom stereocenters. The summed E-state index contributed by atoms with van der Waals surface area (Å²) in [6.45, 7) is 1.98. The van der Waals surface area contributed by atoms with Crippen molar-refractivity contribution in [2.75, 3.05) is 16.3 Å². The minimum Gasteiger partial charge on any atom is -0.301 e. The smallest absolute Gasteiger partial charge is 0.255 e. The second kappa shape index (κ2) is 7.49. The predicted molar refractivity (Wildman–Crippen MR) is 112 cm³/mol. The third-order valence-corrected chi connectivity index (χ3v) is 5.14. The quantitative estimate of drug-likeness (QED) is 0.646. The van der Waals surface area contributed by atoms with Crippen molar-refractivity contribution in [1.29, 1.82) is 0 Å². The van der Waals surface area contributed by atoms with Gasteiger partial charge >= 0.3 is 0 Å². The van der Waals surface area contributed by atoms with Gasteiger partial charge in [0.2, 0.25) is 5.91 Å². The van der Waals surface area contributed by atoms with Crippen LogP contribution in [0.4, 0.5) is 11.4 Å². The van der Waals surface area contributed by atoms with Crippen LogP contribution >= 0.6 is 11.6 Å². The van der Waals surface area contributed by atoms with Crippen molar-refractivity contribution in [3.05, 3.63) is 95.0 Å². The molecule has 0 aromatic heterocycles. The number of piperazine rings is 1. The lowest BCUT2D eigenvalue weighted by molar-refractivity contribution is -0.128. The van der Waals surface area contributed by atoms with Crippen LogP contribution in [0.3, 0.4) is 0 Å². The highest BCUT2D eigenvalue weighted by Crippen LogP contribution is 2.34. The van der Waals surface area contributed by atoms with Crippen molar-refractivity contribution in [2.24, 2.45) is 0 Å². The number of aryl methyl sites for hydroxylation is 1. The van der Waals surface area contributed by atoms with E-state index < -0.39 is 6.04 Å². The fourth-order valence-corrected chi connectivity index (χ4v) is 3.58. The number of hydrogen-bond donors (Lipinski definition) is 0. The van der Waals surface area contributed by atoms with E-state index in [1.807, 2.05) is 61.5 Å². The molecule has 0 aliphatic carbocycles. The Kier molecular flexibility index (Phi) is 4.88. The lowest BCUT2D eigenvalue weighted by Crippen LogP contribution is -2.56. The molecular weight excluding hydrogens is 372 g/mol. The van der Waals surface area contributed by atoms with Gasteiger partial charge in [0.25, 0.3) is 5.91 Å². The fraction of sp³-hybridized carbons (Fsp3) is 0.130. The van der Waals surface area contributed by atoms with E-state index in [9.17, 15) is 9.59 Å². The summed E-state index contributed by atoms with van der Waals surface area (Å²) in [7, 11) is 0. The summed E-state index contributed by atoms with van der Waals surface area (Å²) in [4.78, 5) is 29.8. The van der Waals surface area contributed by atoms with Crippen LogP contribution in [0.1, 0.15) is 17.2 Å². The zero-order valence-corrected chi connectivity index (χ0v) is 16.1. The van der Waals surface area contributed by atoms with Gasteiger partial charge in [0, 0.05) is 16.4 Å². The summed E-state index contributed by atoms with van der Waals surface area (Å²) in [5.41, 5.74) is 3.25. The van der Waals surface area contributed by atoms with Crippen LogP contribution in [0.25, 0.3) is 0 Å². The molecule has 0 N–H and O–H groups in total. The lowest BCUT2D eigenvalue weighted by atomic mass is 9.99. The van der Waals surface area contributed by atoms with Crippen LogP contribution in [0.5, 0.6) is 0 Å². The maximum absolute atomic E-state index is 13.5. The molecule has 1 saturated heterocycles. The molecule has 1 aliphatic heterocycles. The van der Waals surface area contributed by atoms with Crippen molar-refractivity contribution in [1.82, 2.24) is 0 Å². The lowest BCUT2D eigenvalue weighted by Gasteiger charge is -2.40. The van der Waals surface area contributed by atoms with Crippen molar-refractivity contribution >= 4 is 34.8 Å². The number of nitrogens with zero attached hydrogens (tertiary/aromatic N) is 2. The molecule has 1 fully saturated rings. The largest absolute Gasteiger partial charge is 0.301 e. The molecule has 0 spiro atoms. The van der Waals surface area contributed by atoms with E-state index >= 15 is 0 Å². The van der Waals surface area contributed by atoms with Crippen molar-refractivity contribution < 1.29 is 9.59 Å². The zero-order chi connectivity index (χ0) is 19.7. The molecule has 3 aromatic rings. The predicted octanol–water partition coefficient (Wildman–Crippen LogP) is 4.77. The average molecular weight is 391 g/mol. The van der Waals surface area contributed by atoms with E-state index in [0.717, 1.165) is 16.8 Å². The van der Waals surface area contributed by atoms with E-state index in [0.29, 0.717) is 10.7 Å². The number of rotatable bonds is 3. The first-order chi connectivity index (χ1) is 13.5. The molecule has 4 rings (SSSR count). The van der Waals surface area contributed by atoms with Crippen LogP contribution in [-0.2, 0) is 9.59 Å². The van der Waals surface area contributed by atoms with E-state index in [-0.39, 0.29) is 18.4 Å². The Morgan fingerprint density at radius 1 is 0.821 bits per heavy atom. The Labute approximate surface area is 169 Å². The highest BCUT2D eigenvalue weighted by molar-refractivity contribution is 6.30. The number of hydrogen-bond acceptors (Lipinski definition) is 2. The molecule has 0 radical (unpaired) electrons. The molecule has 1 atom stereocenters. The van der Waals surface area contributed by atoms with Gasteiger partial charge < -0.3 is 4.90 Å². The molecule has 0 bridgehead atoms. The molecule has 3 aromatic carbocycles. The average Bonchev–Trinajstić information content (AvgIpc) is 2.71. The summed E-state index contributed by atoms with van der Waals surface area (Å²) < 4.78 is 0. The first kappa shape index (κ1) is 18.3. The summed E-state index contributed by atoms with van der Waals surface area (Å²) >= 11 is 6.01. The Balaban J connectivity index is 1.79. The normalized spacial score (nSPS) is 17.1. The van der Waals surface area contributed by atoms with Crippen LogP contribution in [-0.4, -0.2) is 18.4 Å². The molecule has 1 heterocycles. The second-order valence-corrected chi connectivity index (χ2v) is 7.25. The summed E-state index contributed by atoms with van der Waals surface area (Å²) in [6.07, 6.45) is 0. The maximum atomic E-state index is 13.5. The Hall–Kier alpha value is -3.11.